The Balaban J connectivity index is 1.43. The first kappa shape index (κ1) is 19.2. The summed E-state index contributed by atoms with van der Waals surface area (Å²) < 4.78 is 12.6. The summed E-state index contributed by atoms with van der Waals surface area (Å²) in [6.45, 7) is 0.0723. The van der Waals surface area contributed by atoms with Crippen LogP contribution in [-0.4, -0.2) is 22.6 Å². The summed E-state index contributed by atoms with van der Waals surface area (Å²) in [6.07, 6.45) is 3.14. The van der Waals surface area contributed by atoms with Crippen molar-refractivity contribution < 1.29 is 14.3 Å². The van der Waals surface area contributed by atoms with Crippen molar-refractivity contribution >= 4 is 22.5 Å². The molecule has 2 aromatic carbocycles. The standard InChI is InChI=1S/C23H19N3O4/c1-29-17-5-4-6-18(13-17)30-23-10-9-16(14-24-23)25-22(28)15-26-12-11-21(27)19-7-2-3-8-20(19)26/h2-14H,15H2,1H3,(H,25,28). The Morgan fingerprint density at radius 3 is 2.67 bits per heavy atom. The van der Waals surface area contributed by atoms with E-state index in [1.165, 1.54) is 12.3 Å². The van der Waals surface area contributed by atoms with Crippen LogP contribution < -0.4 is 20.2 Å². The summed E-state index contributed by atoms with van der Waals surface area (Å²) in [5, 5.41) is 3.38. The van der Waals surface area contributed by atoms with Crippen molar-refractivity contribution in [3.05, 3.63) is 89.3 Å². The molecule has 30 heavy (non-hydrogen) atoms. The number of amides is 1. The van der Waals surface area contributed by atoms with E-state index in [-0.39, 0.29) is 17.9 Å². The molecular formula is C23H19N3O4. The van der Waals surface area contributed by atoms with Gasteiger partial charge >= 0.3 is 0 Å². The largest absolute Gasteiger partial charge is 0.497 e. The summed E-state index contributed by atoms with van der Waals surface area (Å²) >= 11 is 0. The molecular weight excluding hydrogens is 382 g/mol. The number of pyridine rings is 2. The molecule has 1 N–H and O–H groups in total. The molecule has 0 spiro atoms. The molecule has 150 valence electrons. The second-order valence-electron chi connectivity index (χ2n) is 6.54. The number of aromatic nitrogens is 2. The lowest BCUT2D eigenvalue weighted by Crippen LogP contribution is -2.20. The predicted octanol–water partition coefficient (Wildman–Crippen LogP) is 3.84. The fraction of sp³-hybridized carbons (Fsp3) is 0.0870. The summed E-state index contributed by atoms with van der Waals surface area (Å²) in [4.78, 5) is 28.7. The average molecular weight is 401 g/mol. The van der Waals surface area contributed by atoms with E-state index < -0.39 is 0 Å². The quantitative estimate of drug-likeness (QED) is 0.531. The van der Waals surface area contributed by atoms with Crippen LogP contribution >= 0.6 is 0 Å². The van der Waals surface area contributed by atoms with E-state index in [0.29, 0.717) is 34.0 Å². The Bertz CT molecular complexity index is 1250. The minimum atomic E-state index is -0.230. The van der Waals surface area contributed by atoms with Crippen molar-refractivity contribution in [3.63, 3.8) is 0 Å². The van der Waals surface area contributed by atoms with Crippen molar-refractivity contribution in [1.82, 2.24) is 9.55 Å². The minimum Gasteiger partial charge on any atom is -0.497 e. The smallest absolute Gasteiger partial charge is 0.244 e. The Morgan fingerprint density at radius 2 is 1.87 bits per heavy atom. The van der Waals surface area contributed by atoms with Gasteiger partial charge in [0.05, 0.1) is 24.5 Å². The molecule has 0 aliphatic rings. The van der Waals surface area contributed by atoms with Gasteiger partial charge in [-0.2, -0.15) is 0 Å². The maximum Gasteiger partial charge on any atom is 0.244 e. The van der Waals surface area contributed by atoms with Crippen LogP contribution in [0.2, 0.25) is 0 Å². The van der Waals surface area contributed by atoms with E-state index in [0.717, 1.165) is 0 Å². The van der Waals surface area contributed by atoms with Gasteiger partial charge in [0, 0.05) is 29.8 Å². The van der Waals surface area contributed by atoms with Crippen LogP contribution in [0.1, 0.15) is 0 Å². The number of ether oxygens (including phenoxy) is 2. The number of methoxy groups -OCH3 is 1. The molecule has 0 fully saturated rings. The van der Waals surface area contributed by atoms with E-state index >= 15 is 0 Å². The van der Waals surface area contributed by atoms with Gasteiger partial charge in [-0.05, 0) is 30.3 Å². The third kappa shape index (κ3) is 4.30. The molecule has 2 aromatic heterocycles. The molecule has 0 bridgehead atoms. The Morgan fingerprint density at radius 1 is 1.03 bits per heavy atom. The molecule has 7 nitrogen and oxygen atoms in total. The number of carbonyl (C=O) groups excluding carboxylic acids is 1. The SMILES string of the molecule is COc1cccc(Oc2ccc(NC(=O)Cn3ccc(=O)c4ccccc43)cn2)c1. The highest BCUT2D eigenvalue weighted by molar-refractivity contribution is 5.91. The fourth-order valence-corrected chi connectivity index (χ4v) is 3.05. The number of nitrogens with zero attached hydrogens (tertiary/aromatic N) is 2. The molecule has 4 rings (SSSR count). The first-order chi connectivity index (χ1) is 14.6. The number of para-hydroxylation sites is 1. The number of carbonyl (C=O) groups is 1. The number of nitrogens with one attached hydrogen (secondary N) is 1. The summed E-state index contributed by atoms with van der Waals surface area (Å²) in [7, 11) is 1.59. The Kier molecular flexibility index (Phi) is 5.43. The molecule has 0 aliphatic heterocycles. The summed E-state index contributed by atoms with van der Waals surface area (Å²) in [6, 6.07) is 19.2. The highest BCUT2D eigenvalue weighted by atomic mass is 16.5. The lowest BCUT2D eigenvalue weighted by Gasteiger charge is -2.11. The predicted molar refractivity (Wildman–Crippen MR) is 114 cm³/mol. The first-order valence-electron chi connectivity index (χ1n) is 9.28. The van der Waals surface area contributed by atoms with Crippen molar-refractivity contribution in [3.8, 4) is 17.4 Å². The normalized spacial score (nSPS) is 10.6. The molecule has 0 radical (unpaired) electrons. The topological polar surface area (TPSA) is 82.5 Å². The van der Waals surface area contributed by atoms with Crippen LogP contribution in [0.4, 0.5) is 5.69 Å². The van der Waals surface area contributed by atoms with Gasteiger partial charge in [-0.1, -0.05) is 18.2 Å². The van der Waals surface area contributed by atoms with Gasteiger partial charge in [0.25, 0.3) is 0 Å². The highest BCUT2D eigenvalue weighted by Crippen LogP contribution is 2.24. The molecule has 1 amide bonds. The van der Waals surface area contributed by atoms with Gasteiger partial charge < -0.3 is 19.4 Å². The van der Waals surface area contributed by atoms with Crippen LogP contribution in [0.3, 0.4) is 0 Å². The maximum atomic E-state index is 12.5. The molecule has 4 aromatic rings. The van der Waals surface area contributed by atoms with Gasteiger partial charge in [0.2, 0.25) is 11.8 Å². The van der Waals surface area contributed by atoms with E-state index in [1.54, 1.807) is 54.3 Å². The molecule has 0 atom stereocenters. The van der Waals surface area contributed by atoms with Crippen LogP contribution in [0, 0.1) is 0 Å². The highest BCUT2D eigenvalue weighted by Gasteiger charge is 2.08. The van der Waals surface area contributed by atoms with Crippen molar-refractivity contribution in [1.29, 1.82) is 0 Å². The zero-order valence-corrected chi connectivity index (χ0v) is 16.2. The number of benzene rings is 2. The lowest BCUT2D eigenvalue weighted by atomic mass is 10.2. The van der Waals surface area contributed by atoms with E-state index in [2.05, 4.69) is 10.3 Å². The maximum absolute atomic E-state index is 12.5. The Hall–Kier alpha value is -4.13. The second kappa shape index (κ2) is 8.48. The monoisotopic (exact) mass is 401 g/mol. The molecule has 0 unspecified atom stereocenters. The number of hydrogen-bond donors (Lipinski definition) is 1. The summed E-state index contributed by atoms with van der Waals surface area (Å²) in [5.74, 6) is 1.45. The van der Waals surface area contributed by atoms with Crippen LogP contribution in [0.25, 0.3) is 10.9 Å². The van der Waals surface area contributed by atoms with Crippen LogP contribution in [-0.2, 0) is 11.3 Å². The van der Waals surface area contributed by atoms with Gasteiger partial charge in [-0.25, -0.2) is 4.98 Å². The van der Waals surface area contributed by atoms with Gasteiger partial charge in [0.1, 0.15) is 18.0 Å². The lowest BCUT2D eigenvalue weighted by molar-refractivity contribution is -0.116. The number of fused-ring (bicyclic) bond motifs is 1. The van der Waals surface area contributed by atoms with E-state index in [1.807, 2.05) is 24.3 Å². The van der Waals surface area contributed by atoms with E-state index in [4.69, 9.17) is 9.47 Å². The number of rotatable bonds is 6. The Labute approximate surface area is 172 Å². The second-order valence-corrected chi connectivity index (χ2v) is 6.54. The molecule has 0 saturated heterocycles. The van der Waals surface area contributed by atoms with Crippen molar-refractivity contribution in [2.45, 2.75) is 6.54 Å². The third-order valence-corrected chi connectivity index (χ3v) is 4.48. The molecule has 2 heterocycles. The van der Waals surface area contributed by atoms with Crippen LogP contribution in [0.5, 0.6) is 17.4 Å². The van der Waals surface area contributed by atoms with Crippen molar-refractivity contribution in [2.75, 3.05) is 12.4 Å². The zero-order valence-electron chi connectivity index (χ0n) is 16.2. The zero-order chi connectivity index (χ0) is 20.9. The van der Waals surface area contributed by atoms with Gasteiger partial charge in [-0.15, -0.1) is 0 Å². The molecule has 0 saturated carbocycles. The number of anilines is 1. The fourth-order valence-electron chi connectivity index (χ4n) is 3.05. The number of hydrogen-bond acceptors (Lipinski definition) is 5. The van der Waals surface area contributed by atoms with E-state index in [9.17, 15) is 9.59 Å². The minimum absolute atomic E-state index is 0.0712. The molecule has 7 heteroatoms. The molecule has 0 aliphatic carbocycles. The third-order valence-electron chi connectivity index (χ3n) is 4.48. The van der Waals surface area contributed by atoms with Gasteiger partial charge in [-0.3, -0.25) is 9.59 Å². The first-order valence-corrected chi connectivity index (χ1v) is 9.28. The van der Waals surface area contributed by atoms with Crippen molar-refractivity contribution in [2.24, 2.45) is 0 Å². The van der Waals surface area contributed by atoms with Crippen LogP contribution in [0.15, 0.2) is 83.9 Å². The summed E-state index contributed by atoms with van der Waals surface area (Å²) in [5.41, 5.74) is 1.18. The van der Waals surface area contributed by atoms with Gasteiger partial charge in [0.15, 0.2) is 5.43 Å². The average Bonchev–Trinajstić information content (AvgIpc) is 2.77.